The monoisotopic (exact) mass is 431 g/mol. The highest BCUT2D eigenvalue weighted by molar-refractivity contribution is 6.01. The van der Waals surface area contributed by atoms with Crippen molar-refractivity contribution in [3.8, 4) is 22.4 Å². The minimum atomic E-state index is -4.61. The lowest BCUT2D eigenvalue weighted by atomic mass is 9.95. The van der Waals surface area contributed by atoms with Crippen LogP contribution in [0.25, 0.3) is 22.4 Å². The van der Waals surface area contributed by atoms with Gasteiger partial charge < -0.3 is 9.64 Å². The summed E-state index contributed by atoms with van der Waals surface area (Å²) < 4.78 is 59.9. The minimum absolute atomic E-state index is 0.136. The molecular weight excluding hydrogens is 414 g/mol. The molecule has 5 nitrogen and oxygen atoms in total. The summed E-state index contributed by atoms with van der Waals surface area (Å²) in [5, 5.41) is 0. The molecule has 2 heterocycles. The average Bonchev–Trinajstić information content (AvgIpc) is 2.78. The smallest absolute Gasteiger partial charge is 0.378 e. The highest BCUT2D eigenvalue weighted by Gasteiger charge is 2.33. The van der Waals surface area contributed by atoms with Gasteiger partial charge in [-0.1, -0.05) is 12.1 Å². The Morgan fingerprint density at radius 2 is 1.74 bits per heavy atom. The van der Waals surface area contributed by atoms with Crippen molar-refractivity contribution in [3.63, 3.8) is 0 Å². The van der Waals surface area contributed by atoms with Crippen LogP contribution >= 0.6 is 0 Å². The van der Waals surface area contributed by atoms with Crippen molar-refractivity contribution in [1.29, 1.82) is 0 Å². The van der Waals surface area contributed by atoms with Crippen LogP contribution in [0, 0.1) is 5.82 Å². The van der Waals surface area contributed by atoms with Gasteiger partial charge in [-0.15, -0.1) is 0 Å². The summed E-state index contributed by atoms with van der Waals surface area (Å²) in [6, 6.07) is 7.11. The molecule has 0 aliphatic carbocycles. The molecule has 0 spiro atoms. The number of alkyl halides is 3. The normalized spacial score (nSPS) is 14.5. The molecule has 9 heteroatoms. The third kappa shape index (κ3) is 4.41. The topological polar surface area (TPSA) is 55.3 Å². The van der Waals surface area contributed by atoms with E-state index in [4.69, 9.17) is 4.74 Å². The first kappa shape index (κ1) is 20.9. The molecule has 0 radical (unpaired) electrons. The Kier molecular flexibility index (Phi) is 5.69. The number of amides is 1. The lowest BCUT2D eigenvalue weighted by molar-refractivity contribution is -0.137. The number of hydrogen-bond acceptors (Lipinski definition) is 4. The van der Waals surface area contributed by atoms with E-state index < -0.39 is 23.5 Å². The summed E-state index contributed by atoms with van der Waals surface area (Å²) in [5.74, 6) is -1.18. The Labute approximate surface area is 175 Å². The summed E-state index contributed by atoms with van der Waals surface area (Å²) in [6.07, 6.45) is -0.317. The number of hydrogen-bond donors (Lipinski definition) is 0. The largest absolute Gasteiger partial charge is 0.416 e. The molecule has 0 unspecified atom stereocenters. The van der Waals surface area contributed by atoms with Gasteiger partial charge in [-0.3, -0.25) is 14.8 Å². The minimum Gasteiger partial charge on any atom is -0.378 e. The highest BCUT2D eigenvalue weighted by atomic mass is 19.4. The van der Waals surface area contributed by atoms with Crippen LogP contribution in [0.2, 0.25) is 0 Å². The van der Waals surface area contributed by atoms with Gasteiger partial charge in [0.05, 0.1) is 30.7 Å². The standard InChI is InChI=1S/C22H17F4N3O2/c23-19-11-14(1-3-17(19)20-13-27-5-6-28-20)16-4-2-15(22(24,25)26)12-18(16)21(30)29-7-9-31-10-8-29/h1-6,11-13H,7-10H2. The van der Waals surface area contributed by atoms with Crippen molar-refractivity contribution < 1.29 is 27.1 Å². The molecule has 0 atom stereocenters. The summed E-state index contributed by atoms with van der Waals surface area (Å²) in [6.45, 7) is 1.16. The van der Waals surface area contributed by atoms with Crippen LogP contribution in [0.3, 0.4) is 0 Å². The molecule has 3 aromatic rings. The van der Waals surface area contributed by atoms with Crippen molar-refractivity contribution in [1.82, 2.24) is 14.9 Å². The first-order valence-corrected chi connectivity index (χ1v) is 9.49. The molecule has 1 aliphatic heterocycles. The lowest BCUT2D eigenvalue weighted by Gasteiger charge is -2.28. The molecule has 2 aromatic carbocycles. The Balaban J connectivity index is 1.78. The van der Waals surface area contributed by atoms with Crippen LogP contribution in [0.1, 0.15) is 15.9 Å². The molecule has 4 rings (SSSR count). The van der Waals surface area contributed by atoms with Gasteiger partial charge in [-0.05, 0) is 35.4 Å². The second kappa shape index (κ2) is 8.43. The van der Waals surface area contributed by atoms with Crippen molar-refractivity contribution >= 4 is 5.91 Å². The average molecular weight is 431 g/mol. The molecular formula is C22H17F4N3O2. The van der Waals surface area contributed by atoms with E-state index in [-0.39, 0.29) is 35.3 Å². The predicted octanol–water partition coefficient (Wildman–Crippen LogP) is 4.44. The maximum Gasteiger partial charge on any atom is 0.416 e. The first-order valence-electron chi connectivity index (χ1n) is 9.49. The van der Waals surface area contributed by atoms with Crippen LogP contribution < -0.4 is 0 Å². The van der Waals surface area contributed by atoms with E-state index in [0.29, 0.717) is 18.9 Å². The van der Waals surface area contributed by atoms with Crippen LogP contribution in [0.5, 0.6) is 0 Å². The number of aromatic nitrogens is 2. The van der Waals surface area contributed by atoms with E-state index in [1.807, 2.05) is 0 Å². The number of nitrogens with zero attached hydrogens (tertiary/aromatic N) is 3. The zero-order chi connectivity index (χ0) is 22.0. The fourth-order valence-corrected chi connectivity index (χ4v) is 3.41. The molecule has 0 saturated carbocycles. The van der Waals surface area contributed by atoms with E-state index in [1.54, 1.807) is 6.07 Å². The molecule has 1 aromatic heterocycles. The van der Waals surface area contributed by atoms with E-state index in [9.17, 15) is 22.4 Å². The third-order valence-corrected chi connectivity index (χ3v) is 4.99. The molecule has 0 N–H and O–H groups in total. The molecule has 1 fully saturated rings. The maximum absolute atomic E-state index is 14.8. The zero-order valence-corrected chi connectivity index (χ0v) is 16.2. The Bertz CT molecular complexity index is 1100. The van der Waals surface area contributed by atoms with Crippen molar-refractivity contribution in [2.45, 2.75) is 6.18 Å². The fourth-order valence-electron chi connectivity index (χ4n) is 3.41. The van der Waals surface area contributed by atoms with Crippen LogP contribution in [0.15, 0.2) is 55.0 Å². The number of ether oxygens (including phenoxy) is 1. The zero-order valence-electron chi connectivity index (χ0n) is 16.2. The van der Waals surface area contributed by atoms with Crippen molar-refractivity contribution in [3.05, 3.63) is 71.9 Å². The molecule has 31 heavy (non-hydrogen) atoms. The summed E-state index contributed by atoms with van der Waals surface area (Å²) in [4.78, 5) is 22.4. The first-order chi connectivity index (χ1) is 14.8. The van der Waals surface area contributed by atoms with Gasteiger partial charge >= 0.3 is 6.18 Å². The van der Waals surface area contributed by atoms with Gasteiger partial charge in [0.2, 0.25) is 0 Å². The molecule has 1 saturated heterocycles. The quantitative estimate of drug-likeness (QED) is 0.576. The number of halogens is 4. The van der Waals surface area contributed by atoms with E-state index in [1.165, 1.54) is 41.7 Å². The highest BCUT2D eigenvalue weighted by Crippen LogP contribution is 2.35. The van der Waals surface area contributed by atoms with E-state index in [2.05, 4.69) is 9.97 Å². The van der Waals surface area contributed by atoms with Gasteiger partial charge in [-0.25, -0.2) is 4.39 Å². The third-order valence-electron chi connectivity index (χ3n) is 4.99. The second-order valence-electron chi connectivity index (χ2n) is 6.95. The van der Waals surface area contributed by atoms with Crippen molar-refractivity contribution in [2.75, 3.05) is 26.3 Å². The number of carbonyl (C=O) groups excluding carboxylic acids is 1. The van der Waals surface area contributed by atoms with E-state index >= 15 is 0 Å². The summed E-state index contributed by atoms with van der Waals surface area (Å²) >= 11 is 0. The molecule has 0 bridgehead atoms. The summed E-state index contributed by atoms with van der Waals surface area (Å²) in [7, 11) is 0. The molecule has 1 aliphatic rings. The van der Waals surface area contributed by atoms with Gasteiger partial charge in [-0.2, -0.15) is 13.2 Å². The van der Waals surface area contributed by atoms with Crippen LogP contribution in [0.4, 0.5) is 17.6 Å². The number of carbonyl (C=O) groups is 1. The number of benzene rings is 2. The lowest BCUT2D eigenvalue weighted by Crippen LogP contribution is -2.41. The van der Waals surface area contributed by atoms with Gasteiger partial charge in [0.1, 0.15) is 5.82 Å². The van der Waals surface area contributed by atoms with Gasteiger partial charge in [0, 0.05) is 36.6 Å². The summed E-state index contributed by atoms with van der Waals surface area (Å²) in [5.41, 5.74) is -0.0501. The second-order valence-corrected chi connectivity index (χ2v) is 6.95. The van der Waals surface area contributed by atoms with E-state index in [0.717, 1.165) is 12.1 Å². The SMILES string of the molecule is O=C(c1cc(C(F)(F)F)ccc1-c1ccc(-c2cnccn2)c(F)c1)N1CCOCC1. The van der Waals surface area contributed by atoms with Crippen LogP contribution in [-0.2, 0) is 10.9 Å². The molecule has 160 valence electrons. The predicted molar refractivity (Wildman–Crippen MR) is 105 cm³/mol. The Hall–Kier alpha value is -3.33. The molecule has 1 amide bonds. The number of morpholine rings is 1. The van der Waals surface area contributed by atoms with Gasteiger partial charge in [0.15, 0.2) is 0 Å². The number of rotatable bonds is 3. The van der Waals surface area contributed by atoms with Crippen LogP contribution in [-0.4, -0.2) is 47.1 Å². The Morgan fingerprint density at radius 1 is 1.00 bits per heavy atom. The van der Waals surface area contributed by atoms with Crippen molar-refractivity contribution in [2.24, 2.45) is 0 Å². The van der Waals surface area contributed by atoms with Gasteiger partial charge in [0.25, 0.3) is 5.91 Å². The fraction of sp³-hybridized carbons (Fsp3) is 0.227. The maximum atomic E-state index is 14.8. The Morgan fingerprint density at radius 3 is 2.39 bits per heavy atom.